The molecular weight excluding hydrogens is 514 g/mol. The molecule has 0 saturated heterocycles. The number of carbonyl (C=O) groups excluding carboxylic acids is 1. The maximum Gasteiger partial charge on any atom is 0.255 e. The number of nitrogens with one attached hydrogen (secondary N) is 2. The molecule has 0 spiro atoms. The van der Waals surface area contributed by atoms with E-state index in [1.165, 1.54) is 0 Å². The number of thioether (sulfide) groups is 1. The van der Waals surface area contributed by atoms with Gasteiger partial charge in [0.1, 0.15) is 11.8 Å². The maximum absolute atomic E-state index is 13.7. The van der Waals surface area contributed by atoms with Gasteiger partial charge in [0.25, 0.3) is 5.91 Å². The van der Waals surface area contributed by atoms with E-state index in [0.29, 0.717) is 34.7 Å². The summed E-state index contributed by atoms with van der Waals surface area (Å²) in [6.45, 7) is 6.50. The molecule has 9 heteroatoms. The van der Waals surface area contributed by atoms with E-state index in [4.69, 9.17) is 14.8 Å². The van der Waals surface area contributed by atoms with Gasteiger partial charge in [0, 0.05) is 15.9 Å². The largest absolute Gasteiger partial charge is 0.492 e. The fourth-order valence-electron chi connectivity index (χ4n) is 3.79. The van der Waals surface area contributed by atoms with Crippen LogP contribution >= 0.6 is 27.7 Å². The molecule has 34 heavy (non-hydrogen) atoms. The third kappa shape index (κ3) is 5.31. The topological polar surface area (TPSA) is 81.1 Å². The van der Waals surface area contributed by atoms with Crippen LogP contribution in [-0.2, 0) is 4.79 Å². The number of aromatic nitrogens is 3. The van der Waals surface area contributed by atoms with E-state index < -0.39 is 6.04 Å². The van der Waals surface area contributed by atoms with Crippen molar-refractivity contribution in [2.75, 3.05) is 23.0 Å². The van der Waals surface area contributed by atoms with Crippen LogP contribution in [0.2, 0.25) is 0 Å². The summed E-state index contributed by atoms with van der Waals surface area (Å²) >= 11 is 5.14. The van der Waals surface area contributed by atoms with E-state index in [1.54, 1.807) is 11.8 Å². The smallest absolute Gasteiger partial charge is 0.255 e. The Balaban J connectivity index is 1.72. The molecule has 0 saturated carbocycles. The minimum atomic E-state index is -0.420. The average molecular weight is 543 g/mol. The number of para-hydroxylation sites is 2. The number of hydrogen-bond donors (Lipinski definition) is 2. The molecular formula is C25H28BrN5O2S. The molecule has 0 bridgehead atoms. The summed E-state index contributed by atoms with van der Waals surface area (Å²) in [7, 11) is 0. The summed E-state index contributed by atoms with van der Waals surface area (Å²) in [6.07, 6.45) is 2.22. The normalized spacial score (nSPS) is 15.0. The highest BCUT2D eigenvalue weighted by molar-refractivity contribution is 9.10. The Morgan fingerprint density at radius 2 is 1.97 bits per heavy atom. The Bertz CT molecular complexity index is 1190. The van der Waals surface area contributed by atoms with E-state index in [2.05, 4.69) is 33.5 Å². The summed E-state index contributed by atoms with van der Waals surface area (Å²) in [5, 5.41) is 11.8. The monoisotopic (exact) mass is 541 g/mol. The molecule has 3 aromatic rings. The van der Waals surface area contributed by atoms with Gasteiger partial charge in [0.05, 0.1) is 17.9 Å². The van der Waals surface area contributed by atoms with Gasteiger partial charge in [-0.05, 0) is 50.1 Å². The zero-order chi connectivity index (χ0) is 24.1. The van der Waals surface area contributed by atoms with Crippen LogP contribution in [-0.4, -0.2) is 33.0 Å². The first kappa shape index (κ1) is 24.3. The Kier molecular flexibility index (Phi) is 7.95. The summed E-state index contributed by atoms with van der Waals surface area (Å²) in [5.41, 5.74) is 2.90. The SMILES string of the molecule is CCCCSc1nc2n(n1)C(c1ccc(Br)cc1)C(C(=O)Nc1ccccc1OCC)=C(C)N2. The number of allylic oxidation sites excluding steroid dienone is 1. The van der Waals surface area contributed by atoms with E-state index in [1.807, 2.05) is 67.1 Å². The van der Waals surface area contributed by atoms with Crippen molar-refractivity contribution >= 4 is 45.2 Å². The van der Waals surface area contributed by atoms with Gasteiger partial charge in [-0.2, -0.15) is 4.98 Å². The number of hydrogen-bond acceptors (Lipinski definition) is 6. The second-order valence-electron chi connectivity index (χ2n) is 7.87. The minimum absolute atomic E-state index is 0.216. The van der Waals surface area contributed by atoms with Crippen LogP contribution in [0.5, 0.6) is 5.75 Å². The molecule has 2 aromatic carbocycles. The predicted molar refractivity (Wildman–Crippen MR) is 140 cm³/mol. The van der Waals surface area contributed by atoms with Gasteiger partial charge in [0.15, 0.2) is 0 Å². The molecule has 1 aliphatic rings. The quantitative estimate of drug-likeness (QED) is 0.246. The molecule has 1 atom stereocenters. The molecule has 0 radical (unpaired) electrons. The lowest BCUT2D eigenvalue weighted by atomic mass is 9.95. The Morgan fingerprint density at radius 1 is 1.21 bits per heavy atom. The Morgan fingerprint density at radius 3 is 2.71 bits per heavy atom. The van der Waals surface area contributed by atoms with Gasteiger partial charge < -0.3 is 15.4 Å². The first-order chi connectivity index (χ1) is 16.5. The van der Waals surface area contributed by atoms with Crippen molar-refractivity contribution in [1.29, 1.82) is 0 Å². The van der Waals surface area contributed by atoms with Crippen molar-refractivity contribution in [3.63, 3.8) is 0 Å². The molecule has 0 fully saturated rings. The van der Waals surface area contributed by atoms with E-state index in [-0.39, 0.29) is 5.91 Å². The zero-order valence-corrected chi connectivity index (χ0v) is 21.9. The highest BCUT2D eigenvalue weighted by Crippen LogP contribution is 2.37. The number of amides is 1. The van der Waals surface area contributed by atoms with E-state index in [0.717, 1.165) is 34.3 Å². The predicted octanol–water partition coefficient (Wildman–Crippen LogP) is 6.26. The van der Waals surface area contributed by atoms with Crippen molar-refractivity contribution in [1.82, 2.24) is 14.8 Å². The molecule has 2 heterocycles. The van der Waals surface area contributed by atoms with Crippen molar-refractivity contribution in [2.45, 2.75) is 44.8 Å². The molecule has 1 aromatic heterocycles. The zero-order valence-electron chi connectivity index (χ0n) is 19.5. The highest BCUT2D eigenvalue weighted by Gasteiger charge is 2.34. The third-order valence-electron chi connectivity index (χ3n) is 5.43. The summed E-state index contributed by atoms with van der Waals surface area (Å²) in [6, 6.07) is 15.0. The second-order valence-corrected chi connectivity index (χ2v) is 9.84. The molecule has 178 valence electrons. The van der Waals surface area contributed by atoms with Crippen LogP contribution in [0.15, 0.2) is 69.4 Å². The van der Waals surface area contributed by atoms with Crippen LogP contribution < -0.4 is 15.4 Å². The average Bonchev–Trinajstić information content (AvgIpc) is 3.22. The maximum atomic E-state index is 13.7. The molecule has 4 rings (SSSR count). The van der Waals surface area contributed by atoms with Crippen LogP contribution in [0.3, 0.4) is 0 Å². The van der Waals surface area contributed by atoms with Crippen molar-refractivity contribution in [3.8, 4) is 5.75 Å². The molecule has 1 unspecified atom stereocenters. The van der Waals surface area contributed by atoms with Crippen LogP contribution in [0.1, 0.15) is 45.2 Å². The first-order valence-corrected chi connectivity index (χ1v) is 13.2. The van der Waals surface area contributed by atoms with Gasteiger partial charge in [-0.1, -0.05) is 65.3 Å². The summed E-state index contributed by atoms with van der Waals surface area (Å²) in [4.78, 5) is 18.4. The van der Waals surface area contributed by atoms with Crippen molar-refractivity contribution in [2.24, 2.45) is 0 Å². The molecule has 1 amide bonds. The van der Waals surface area contributed by atoms with Crippen LogP contribution in [0, 0.1) is 0 Å². The Labute approximate surface area is 212 Å². The van der Waals surface area contributed by atoms with Gasteiger partial charge in [-0.3, -0.25) is 4.79 Å². The van der Waals surface area contributed by atoms with Crippen LogP contribution in [0.4, 0.5) is 11.6 Å². The van der Waals surface area contributed by atoms with Gasteiger partial charge in [-0.25, -0.2) is 4.68 Å². The van der Waals surface area contributed by atoms with Gasteiger partial charge in [-0.15, -0.1) is 5.10 Å². The number of nitrogens with zero attached hydrogens (tertiary/aromatic N) is 3. The fraction of sp³-hybridized carbons (Fsp3) is 0.320. The number of rotatable bonds is 9. The number of anilines is 2. The summed E-state index contributed by atoms with van der Waals surface area (Å²) in [5.74, 6) is 2.01. The minimum Gasteiger partial charge on any atom is -0.492 e. The second kappa shape index (κ2) is 11.1. The number of fused-ring (bicyclic) bond motifs is 1. The standard InChI is InChI=1S/C25H28BrN5O2S/c1-4-6-15-34-25-29-24-27-16(3)21(22(31(24)30-25)17-11-13-18(26)14-12-17)23(32)28-19-9-7-8-10-20(19)33-5-2/h7-14,22H,4-6,15H2,1-3H3,(H,28,32)(H,27,29,30). The number of halogens is 1. The lowest BCUT2D eigenvalue weighted by molar-refractivity contribution is -0.113. The van der Waals surface area contributed by atoms with Gasteiger partial charge >= 0.3 is 0 Å². The van der Waals surface area contributed by atoms with E-state index >= 15 is 0 Å². The molecule has 0 aliphatic carbocycles. The Hall–Kier alpha value is -2.78. The number of ether oxygens (including phenoxy) is 1. The summed E-state index contributed by atoms with van der Waals surface area (Å²) < 4.78 is 8.48. The number of unbranched alkanes of at least 4 members (excludes halogenated alkanes) is 1. The number of carbonyl (C=O) groups is 1. The lowest BCUT2D eigenvalue weighted by Crippen LogP contribution is -2.31. The van der Waals surface area contributed by atoms with Crippen LogP contribution in [0.25, 0.3) is 0 Å². The third-order valence-corrected chi connectivity index (χ3v) is 6.88. The molecule has 2 N–H and O–H groups in total. The van der Waals surface area contributed by atoms with Crippen molar-refractivity contribution in [3.05, 3.63) is 69.8 Å². The fourth-order valence-corrected chi connectivity index (χ4v) is 4.97. The molecule has 7 nitrogen and oxygen atoms in total. The lowest BCUT2D eigenvalue weighted by Gasteiger charge is -2.29. The first-order valence-electron chi connectivity index (χ1n) is 11.4. The van der Waals surface area contributed by atoms with Crippen molar-refractivity contribution < 1.29 is 9.53 Å². The molecule has 1 aliphatic heterocycles. The highest BCUT2D eigenvalue weighted by atomic mass is 79.9. The van der Waals surface area contributed by atoms with E-state index in [9.17, 15) is 4.79 Å². The van der Waals surface area contributed by atoms with Gasteiger partial charge in [0.2, 0.25) is 11.1 Å². The number of benzene rings is 2.